The Morgan fingerprint density at radius 2 is 2.11 bits per heavy atom. The predicted molar refractivity (Wildman–Crippen MR) is 68.5 cm³/mol. The highest BCUT2D eigenvalue weighted by atomic mass is 19.1. The maximum Gasteiger partial charge on any atom is 0.233 e. The van der Waals surface area contributed by atoms with Gasteiger partial charge in [0.1, 0.15) is 5.82 Å². The van der Waals surface area contributed by atoms with Crippen LogP contribution in [0.15, 0.2) is 18.3 Å². The van der Waals surface area contributed by atoms with Crippen molar-refractivity contribution in [2.24, 2.45) is 5.92 Å². The largest absolute Gasteiger partial charge is 0.355 e. The molecule has 1 amide bonds. The number of amides is 1. The van der Waals surface area contributed by atoms with Crippen LogP contribution < -0.4 is 10.6 Å². The second-order valence-corrected chi connectivity index (χ2v) is 4.70. The SMILES string of the molecule is CC(C)CNC(=O)CNC(C)c1ccc(F)cn1. The van der Waals surface area contributed by atoms with Crippen molar-refractivity contribution in [3.63, 3.8) is 0 Å². The van der Waals surface area contributed by atoms with E-state index >= 15 is 0 Å². The highest BCUT2D eigenvalue weighted by Gasteiger charge is 2.09. The highest BCUT2D eigenvalue weighted by Crippen LogP contribution is 2.08. The third kappa shape index (κ3) is 5.23. The Morgan fingerprint density at radius 1 is 1.39 bits per heavy atom. The molecule has 2 N–H and O–H groups in total. The lowest BCUT2D eigenvalue weighted by Crippen LogP contribution is -2.36. The number of halogens is 1. The first-order chi connectivity index (χ1) is 8.49. The molecule has 0 aromatic carbocycles. The van der Waals surface area contributed by atoms with Crippen molar-refractivity contribution in [1.82, 2.24) is 15.6 Å². The van der Waals surface area contributed by atoms with E-state index in [1.807, 2.05) is 20.8 Å². The molecule has 1 aromatic rings. The van der Waals surface area contributed by atoms with E-state index in [0.29, 0.717) is 18.2 Å². The van der Waals surface area contributed by atoms with E-state index in [2.05, 4.69) is 15.6 Å². The molecular formula is C13H20FN3O. The van der Waals surface area contributed by atoms with Crippen LogP contribution >= 0.6 is 0 Å². The topological polar surface area (TPSA) is 54.0 Å². The van der Waals surface area contributed by atoms with Crippen molar-refractivity contribution < 1.29 is 9.18 Å². The fourth-order valence-corrected chi connectivity index (χ4v) is 1.37. The van der Waals surface area contributed by atoms with E-state index in [9.17, 15) is 9.18 Å². The Balaban J connectivity index is 2.34. The summed E-state index contributed by atoms with van der Waals surface area (Å²) in [7, 11) is 0. The second-order valence-electron chi connectivity index (χ2n) is 4.70. The number of carbonyl (C=O) groups excluding carboxylic acids is 1. The van der Waals surface area contributed by atoms with Crippen molar-refractivity contribution in [2.75, 3.05) is 13.1 Å². The van der Waals surface area contributed by atoms with Crippen LogP contribution in [-0.2, 0) is 4.79 Å². The molecule has 18 heavy (non-hydrogen) atoms. The molecule has 5 heteroatoms. The molecule has 1 unspecified atom stereocenters. The van der Waals surface area contributed by atoms with Gasteiger partial charge >= 0.3 is 0 Å². The molecule has 0 fully saturated rings. The van der Waals surface area contributed by atoms with Crippen LogP contribution in [0.5, 0.6) is 0 Å². The van der Waals surface area contributed by atoms with E-state index in [0.717, 1.165) is 0 Å². The zero-order valence-electron chi connectivity index (χ0n) is 11.0. The summed E-state index contributed by atoms with van der Waals surface area (Å²) in [6, 6.07) is 2.88. The van der Waals surface area contributed by atoms with Gasteiger partial charge in [-0.3, -0.25) is 9.78 Å². The van der Waals surface area contributed by atoms with Crippen molar-refractivity contribution >= 4 is 5.91 Å². The minimum Gasteiger partial charge on any atom is -0.355 e. The minimum absolute atomic E-state index is 0.0438. The molecule has 0 aliphatic rings. The second kappa shape index (κ2) is 7.06. The molecule has 0 radical (unpaired) electrons. The van der Waals surface area contributed by atoms with Gasteiger partial charge in [0.05, 0.1) is 18.4 Å². The lowest BCUT2D eigenvalue weighted by atomic mass is 10.2. The normalized spacial score (nSPS) is 12.5. The first kappa shape index (κ1) is 14.6. The average molecular weight is 253 g/mol. The van der Waals surface area contributed by atoms with Crippen LogP contribution in [-0.4, -0.2) is 24.0 Å². The van der Waals surface area contributed by atoms with Gasteiger partial charge < -0.3 is 10.6 Å². The highest BCUT2D eigenvalue weighted by molar-refractivity contribution is 5.78. The summed E-state index contributed by atoms with van der Waals surface area (Å²) in [5.74, 6) is 0.0310. The summed E-state index contributed by atoms with van der Waals surface area (Å²) >= 11 is 0. The number of carbonyl (C=O) groups is 1. The molecule has 4 nitrogen and oxygen atoms in total. The summed E-state index contributed by atoms with van der Waals surface area (Å²) in [6.45, 7) is 6.87. The summed E-state index contributed by atoms with van der Waals surface area (Å²) in [6.07, 6.45) is 1.17. The molecule has 0 saturated carbocycles. The number of nitrogens with one attached hydrogen (secondary N) is 2. The summed E-state index contributed by atoms with van der Waals surface area (Å²) < 4.78 is 12.7. The Hall–Kier alpha value is -1.49. The predicted octanol–water partition coefficient (Wildman–Crippen LogP) is 1.64. The van der Waals surface area contributed by atoms with Gasteiger partial charge in [-0.15, -0.1) is 0 Å². The monoisotopic (exact) mass is 253 g/mol. The molecule has 0 spiro atoms. The van der Waals surface area contributed by atoms with Crippen LogP contribution in [0.25, 0.3) is 0 Å². The number of hydrogen-bond acceptors (Lipinski definition) is 3. The summed E-state index contributed by atoms with van der Waals surface area (Å²) in [4.78, 5) is 15.4. The minimum atomic E-state index is -0.361. The van der Waals surface area contributed by atoms with Crippen LogP contribution in [0.1, 0.15) is 32.5 Å². The molecule has 0 bridgehead atoms. The zero-order chi connectivity index (χ0) is 13.5. The van der Waals surface area contributed by atoms with Crippen LogP contribution in [0.4, 0.5) is 4.39 Å². The lowest BCUT2D eigenvalue weighted by molar-refractivity contribution is -0.120. The molecular weight excluding hydrogens is 233 g/mol. The number of hydrogen-bond donors (Lipinski definition) is 2. The molecule has 0 saturated heterocycles. The first-order valence-corrected chi connectivity index (χ1v) is 6.10. The standard InChI is InChI=1S/C13H20FN3O/c1-9(2)6-17-13(18)8-15-10(3)12-5-4-11(14)7-16-12/h4-5,7,9-10,15H,6,8H2,1-3H3,(H,17,18). The molecule has 1 rings (SSSR count). The van der Waals surface area contributed by atoms with E-state index in [-0.39, 0.29) is 24.3 Å². The zero-order valence-corrected chi connectivity index (χ0v) is 11.0. The van der Waals surface area contributed by atoms with Gasteiger partial charge in [0.25, 0.3) is 0 Å². The van der Waals surface area contributed by atoms with Crippen molar-refractivity contribution in [3.8, 4) is 0 Å². The van der Waals surface area contributed by atoms with Gasteiger partial charge in [-0.05, 0) is 25.0 Å². The molecule has 0 aliphatic carbocycles. The molecule has 0 aliphatic heterocycles. The maximum atomic E-state index is 12.7. The molecule has 1 heterocycles. The van der Waals surface area contributed by atoms with Crippen LogP contribution in [0.3, 0.4) is 0 Å². The van der Waals surface area contributed by atoms with Gasteiger partial charge in [0.2, 0.25) is 5.91 Å². The average Bonchev–Trinajstić information content (AvgIpc) is 2.34. The number of pyridine rings is 1. The van der Waals surface area contributed by atoms with E-state index < -0.39 is 0 Å². The van der Waals surface area contributed by atoms with Gasteiger partial charge in [0, 0.05) is 12.6 Å². The van der Waals surface area contributed by atoms with Gasteiger partial charge in [-0.2, -0.15) is 0 Å². The van der Waals surface area contributed by atoms with Gasteiger partial charge in [0.15, 0.2) is 0 Å². The fourth-order valence-electron chi connectivity index (χ4n) is 1.37. The third-order valence-corrected chi connectivity index (χ3v) is 2.47. The Labute approximate surface area is 107 Å². The van der Waals surface area contributed by atoms with E-state index in [1.54, 1.807) is 6.07 Å². The van der Waals surface area contributed by atoms with Crippen LogP contribution in [0.2, 0.25) is 0 Å². The molecule has 1 atom stereocenters. The quantitative estimate of drug-likeness (QED) is 0.810. The van der Waals surface area contributed by atoms with E-state index in [4.69, 9.17) is 0 Å². The summed E-state index contributed by atoms with van der Waals surface area (Å²) in [5.41, 5.74) is 0.716. The third-order valence-electron chi connectivity index (χ3n) is 2.47. The lowest BCUT2D eigenvalue weighted by Gasteiger charge is -2.13. The van der Waals surface area contributed by atoms with Crippen molar-refractivity contribution in [2.45, 2.75) is 26.8 Å². The fraction of sp³-hybridized carbons (Fsp3) is 0.538. The Bertz CT molecular complexity index is 378. The van der Waals surface area contributed by atoms with Gasteiger partial charge in [-0.1, -0.05) is 13.8 Å². The van der Waals surface area contributed by atoms with E-state index in [1.165, 1.54) is 12.3 Å². The first-order valence-electron chi connectivity index (χ1n) is 6.10. The molecule has 100 valence electrons. The van der Waals surface area contributed by atoms with Crippen LogP contribution in [0, 0.1) is 11.7 Å². The Morgan fingerprint density at radius 3 is 2.67 bits per heavy atom. The molecule has 1 aromatic heterocycles. The van der Waals surface area contributed by atoms with Gasteiger partial charge in [-0.25, -0.2) is 4.39 Å². The number of nitrogens with zero attached hydrogens (tertiary/aromatic N) is 1. The Kier molecular flexibility index (Phi) is 5.71. The van der Waals surface area contributed by atoms with Crippen molar-refractivity contribution in [1.29, 1.82) is 0 Å². The number of rotatable bonds is 6. The number of aromatic nitrogens is 1. The van der Waals surface area contributed by atoms with Crippen molar-refractivity contribution in [3.05, 3.63) is 29.8 Å². The maximum absolute atomic E-state index is 12.7. The summed E-state index contributed by atoms with van der Waals surface area (Å²) in [5, 5.41) is 5.86. The smallest absolute Gasteiger partial charge is 0.233 e.